The van der Waals surface area contributed by atoms with Crippen LogP contribution in [0.3, 0.4) is 0 Å². The average Bonchev–Trinajstić information content (AvgIpc) is 2.55. The van der Waals surface area contributed by atoms with Gasteiger partial charge in [-0.15, -0.1) is 0 Å². The van der Waals surface area contributed by atoms with E-state index in [4.69, 9.17) is 4.18 Å². The summed E-state index contributed by atoms with van der Waals surface area (Å²) in [5, 5.41) is 0. The molecule has 0 aromatic heterocycles. The molecule has 2 aromatic carbocycles. The van der Waals surface area contributed by atoms with Crippen molar-refractivity contribution in [3.63, 3.8) is 0 Å². The first-order valence-corrected chi connectivity index (χ1v) is 8.91. The first kappa shape index (κ1) is 19.8. The second kappa shape index (κ2) is 7.77. The minimum absolute atomic E-state index is 0.00871. The van der Waals surface area contributed by atoms with Crippen LogP contribution in [0.1, 0.15) is 16.7 Å². The van der Waals surface area contributed by atoms with Crippen LogP contribution in [0.5, 0.6) is 5.75 Å². The summed E-state index contributed by atoms with van der Waals surface area (Å²) in [6, 6.07) is 9.71. The van der Waals surface area contributed by atoms with Gasteiger partial charge in [-0.2, -0.15) is 21.6 Å². The minimum Gasteiger partial charge on any atom is -0.469 e. The largest absolute Gasteiger partial charge is 0.469 e. The molecule has 9 heteroatoms. The lowest BCUT2D eigenvalue weighted by atomic mass is 10.1. The topological polar surface area (TPSA) is 69.7 Å². The highest BCUT2D eigenvalue weighted by molar-refractivity contribution is 7.86. The molecule has 0 spiro atoms. The van der Waals surface area contributed by atoms with Gasteiger partial charge in [0.25, 0.3) is 0 Å². The van der Waals surface area contributed by atoms with Crippen LogP contribution in [0.15, 0.2) is 48.5 Å². The monoisotopic (exact) mass is 388 g/mol. The van der Waals surface area contributed by atoms with Crippen molar-refractivity contribution in [3.05, 3.63) is 65.2 Å². The summed E-state index contributed by atoms with van der Waals surface area (Å²) in [5.74, 6) is -1.16. The fourth-order valence-electron chi connectivity index (χ4n) is 2.12. The first-order chi connectivity index (χ1) is 12.1. The second-order valence-electron chi connectivity index (χ2n) is 5.38. The molecule has 0 amide bonds. The Morgan fingerprint density at radius 3 is 2.27 bits per heavy atom. The van der Waals surface area contributed by atoms with Crippen molar-refractivity contribution < 1.29 is 35.3 Å². The van der Waals surface area contributed by atoms with Crippen molar-refractivity contribution in [2.75, 3.05) is 7.11 Å². The third kappa shape index (κ3) is 5.76. The second-order valence-corrected chi connectivity index (χ2v) is 6.95. The van der Waals surface area contributed by atoms with Crippen LogP contribution in [-0.2, 0) is 38.0 Å². The van der Waals surface area contributed by atoms with E-state index in [-0.39, 0.29) is 17.7 Å². The van der Waals surface area contributed by atoms with Gasteiger partial charge in [-0.05, 0) is 29.3 Å². The van der Waals surface area contributed by atoms with Gasteiger partial charge in [-0.3, -0.25) is 4.79 Å². The molecular formula is C17H15F3O5S. The molecule has 0 aliphatic heterocycles. The van der Waals surface area contributed by atoms with Crippen LogP contribution < -0.4 is 4.18 Å². The molecule has 0 aliphatic rings. The van der Waals surface area contributed by atoms with Gasteiger partial charge >= 0.3 is 22.3 Å². The number of alkyl halides is 3. The van der Waals surface area contributed by atoms with Gasteiger partial charge in [0.2, 0.25) is 0 Å². The van der Waals surface area contributed by atoms with Gasteiger partial charge < -0.3 is 8.92 Å². The summed E-state index contributed by atoms with van der Waals surface area (Å²) in [5.41, 5.74) is -0.376. The quantitative estimate of drug-likeness (QED) is 0.561. The number of halogens is 3. The molecule has 0 bridgehead atoms. The maximum atomic E-state index is 12.7. The van der Waals surface area contributed by atoms with Crippen molar-refractivity contribution >= 4 is 16.1 Å². The number of carbonyl (C=O) groups excluding carboxylic acids is 1. The zero-order valence-corrected chi connectivity index (χ0v) is 14.4. The molecule has 0 heterocycles. The summed E-state index contributed by atoms with van der Waals surface area (Å²) in [6.07, 6.45) is -4.54. The number of methoxy groups -OCH3 is 1. The maximum Gasteiger partial charge on any atom is 0.416 e. The lowest BCUT2D eigenvalue weighted by Gasteiger charge is -2.10. The van der Waals surface area contributed by atoms with E-state index in [0.29, 0.717) is 5.56 Å². The molecule has 0 unspecified atom stereocenters. The lowest BCUT2D eigenvalue weighted by Crippen LogP contribution is -2.13. The molecule has 0 saturated heterocycles. The van der Waals surface area contributed by atoms with Crippen LogP contribution >= 0.6 is 0 Å². The Hall–Kier alpha value is -2.55. The number of carbonyl (C=O) groups is 1. The Kier molecular flexibility index (Phi) is 5.91. The molecule has 5 nitrogen and oxygen atoms in total. The third-order valence-electron chi connectivity index (χ3n) is 3.32. The van der Waals surface area contributed by atoms with Crippen molar-refractivity contribution in [1.29, 1.82) is 0 Å². The molecule has 140 valence electrons. The van der Waals surface area contributed by atoms with Gasteiger partial charge in [0.15, 0.2) is 0 Å². The minimum atomic E-state index is -4.56. The Labute approximate surface area is 148 Å². The van der Waals surface area contributed by atoms with Gasteiger partial charge in [0.1, 0.15) is 11.5 Å². The molecule has 2 aromatic rings. The van der Waals surface area contributed by atoms with Crippen LogP contribution in [0.25, 0.3) is 0 Å². The number of rotatable bonds is 6. The van der Waals surface area contributed by atoms with Crippen LogP contribution in [-0.4, -0.2) is 21.5 Å². The fourth-order valence-corrected chi connectivity index (χ4v) is 3.17. The van der Waals surface area contributed by atoms with E-state index in [2.05, 4.69) is 4.74 Å². The molecule has 0 radical (unpaired) electrons. The molecule has 0 fully saturated rings. The summed E-state index contributed by atoms with van der Waals surface area (Å²) in [4.78, 5) is 11.2. The van der Waals surface area contributed by atoms with Crippen molar-refractivity contribution in [1.82, 2.24) is 0 Å². The smallest absolute Gasteiger partial charge is 0.416 e. The van der Waals surface area contributed by atoms with Gasteiger partial charge in [0, 0.05) is 0 Å². The van der Waals surface area contributed by atoms with Crippen molar-refractivity contribution in [3.8, 4) is 5.75 Å². The highest BCUT2D eigenvalue weighted by Gasteiger charge is 2.30. The van der Waals surface area contributed by atoms with Gasteiger partial charge in [-0.1, -0.05) is 30.3 Å². The predicted octanol–water partition coefficient (Wildman–Crippen LogP) is 3.33. The molecule has 26 heavy (non-hydrogen) atoms. The molecule has 0 atom stereocenters. The molecular weight excluding hydrogens is 373 g/mol. The summed E-state index contributed by atoms with van der Waals surface area (Å²) >= 11 is 0. The summed E-state index contributed by atoms with van der Waals surface area (Å²) in [6.45, 7) is 0. The molecule has 0 aliphatic carbocycles. The van der Waals surface area contributed by atoms with E-state index in [1.165, 1.54) is 37.4 Å². The Balaban J connectivity index is 2.08. The average molecular weight is 388 g/mol. The predicted molar refractivity (Wildman–Crippen MR) is 86.9 cm³/mol. The van der Waals surface area contributed by atoms with E-state index < -0.39 is 33.6 Å². The van der Waals surface area contributed by atoms with E-state index in [1.807, 2.05) is 0 Å². The number of benzene rings is 2. The van der Waals surface area contributed by atoms with E-state index >= 15 is 0 Å². The lowest BCUT2D eigenvalue weighted by molar-refractivity contribution is -0.140. The van der Waals surface area contributed by atoms with E-state index in [1.54, 1.807) is 0 Å². The third-order valence-corrected chi connectivity index (χ3v) is 4.45. The highest BCUT2D eigenvalue weighted by Crippen LogP contribution is 2.30. The normalized spacial score (nSPS) is 11.8. The fraction of sp³-hybridized carbons (Fsp3) is 0.235. The zero-order chi connectivity index (χ0) is 19.4. The molecule has 2 rings (SSSR count). The summed E-state index contributed by atoms with van der Waals surface area (Å²) < 4.78 is 71.6. The SMILES string of the molecule is COC(=O)Cc1ccc(OS(=O)(=O)Cc2cccc(C(F)(F)F)c2)cc1. The number of hydrogen-bond donors (Lipinski definition) is 0. The van der Waals surface area contributed by atoms with E-state index in [9.17, 15) is 26.4 Å². The zero-order valence-electron chi connectivity index (χ0n) is 13.6. The first-order valence-electron chi connectivity index (χ1n) is 7.33. The van der Waals surface area contributed by atoms with Crippen LogP contribution in [0.4, 0.5) is 13.2 Å². The standard InChI is InChI=1S/C17H15F3O5S/c1-24-16(21)10-12-5-7-15(8-6-12)25-26(22,23)11-13-3-2-4-14(9-13)17(18,19)20/h2-9H,10-11H2,1H3. The van der Waals surface area contributed by atoms with Gasteiger partial charge in [-0.25, -0.2) is 0 Å². The maximum absolute atomic E-state index is 12.7. The molecule has 0 N–H and O–H groups in total. The Bertz CT molecular complexity index is 874. The van der Waals surface area contributed by atoms with Crippen LogP contribution in [0, 0.1) is 0 Å². The number of esters is 1. The van der Waals surface area contributed by atoms with Gasteiger partial charge in [0.05, 0.1) is 19.1 Å². The van der Waals surface area contributed by atoms with Crippen molar-refractivity contribution in [2.45, 2.75) is 18.3 Å². The molecule has 0 saturated carbocycles. The van der Waals surface area contributed by atoms with E-state index in [0.717, 1.165) is 18.2 Å². The summed E-state index contributed by atoms with van der Waals surface area (Å²) in [7, 11) is -2.90. The van der Waals surface area contributed by atoms with Crippen molar-refractivity contribution in [2.24, 2.45) is 0 Å². The highest BCUT2D eigenvalue weighted by atomic mass is 32.2. The van der Waals surface area contributed by atoms with Crippen LogP contribution in [0.2, 0.25) is 0 Å². The Morgan fingerprint density at radius 1 is 1.04 bits per heavy atom. The number of ether oxygens (including phenoxy) is 1. The number of hydrogen-bond acceptors (Lipinski definition) is 5. The Morgan fingerprint density at radius 2 is 1.69 bits per heavy atom.